The fraction of sp³-hybridized carbons (Fsp3) is 0.280. The Labute approximate surface area is 224 Å². The average molecular weight is 544 g/mol. The van der Waals surface area contributed by atoms with Gasteiger partial charge in [-0.15, -0.1) is 0 Å². The first-order valence-electron chi connectivity index (χ1n) is 11.3. The monoisotopic (exact) mass is 543 g/mol. The highest BCUT2D eigenvalue weighted by molar-refractivity contribution is 7.96. The first-order valence-corrected chi connectivity index (χ1v) is 12.1. The molecule has 0 aliphatic carbocycles. The van der Waals surface area contributed by atoms with Gasteiger partial charge in [0.25, 0.3) is 5.91 Å². The third-order valence-electron chi connectivity index (χ3n) is 4.77. The van der Waals surface area contributed by atoms with E-state index < -0.39 is 11.9 Å². The zero-order chi connectivity index (χ0) is 27.7. The van der Waals surface area contributed by atoms with E-state index in [-0.39, 0.29) is 34.8 Å². The highest BCUT2D eigenvalue weighted by Gasteiger charge is 2.16. The summed E-state index contributed by atoms with van der Waals surface area (Å²) in [5.74, 6) is -0.0239. The molecule has 12 nitrogen and oxygen atoms in total. The van der Waals surface area contributed by atoms with Gasteiger partial charge in [-0.05, 0) is 43.3 Å². The van der Waals surface area contributed by atoms with Gasteiger partial charge in [0.2, 0.25) is 11.8 Å². The first-order chi connectivity index (χ1) is 18.2. The Balaban J connectivity index is 1.80. The minimum atomic E-state index is -0.531. The van der Waals surface area contributed by atoms with Crippen LogP contribution in [0.5, 0.6) is 17.5 Å². The molecule has 13 heteroatoms. The molecular weight excluding hydrogens is 514 g/mol. The number of carbonyl (C=O) groups is 2. The lowest BCUT2D eigenvalue weighted by Crippen LogP contribution is -2.27. The van der Waals surface area contributed by atoms with E-state index >= 15 is 0 Å². The minimum Gasteiger partial charge on any atom is -0.472 e. The van der Waals surface area contributed by atoms with Gasteiger partial charge in [-0.1, -0.05) is 4.58 Å². The van der Waals surface area contributed by atoms with Crippen molar-refractivity contribution >= 4 is 29.6 Å². The van der Waals surface area contributed by atoms with E-state index in [1.54, 1.807) is 52.4 Å². The Hall–Kier alpha value is -3.75. The second-order valence-electron chi connectivity index (χ2n) is 8.06. The van der Waals surface area contributed by atoms with Crippen molar-refractivity contribution in [2.24, 2.45) is 0 Å². The minimum absolute atomic E-state index is 0.128. The number of anilines is 1. The van der Waals surface area contributed by atoms with Gasteiger partial charge in [0.05, 0.1) is 24.8 Å². The highest BCUT2D eigenvalue weighted by Crippen LogP contribution is 2.28. The molecule has 1 aromatic carbocycles. The van der Waals surface area contributed by atoms with Crippen LogP contribution in [-0.2, 0) is 9.47 Å². The molecule has 0 fully saturated rings. The Morgan fingerprint density at radius 1 is 1.05 bits per heavy atom. The number of pyridine rings is 2. The maximum Gasteiger partial charge on any atom is 0.339 e. The zero-order valence-electron chi connectivity index (χ0n) is 21.6. The van der Waals surface area contributed by atoms with Crippen LogP contribution in [0, 0.1) is 0 Å². The number of nitrogens with one attached hydrogen (secondary N) is 1. The molecule has 3 rings (SSSR count). The SMILES string of the molecule is COC[C@@H](C)Oc1cc(C(=O)Nc2ccc(C(=O)OC)cn2)cc(Oc2ccc(SN(O)N(C)C)cc2)n1. The summed E-state index contributed by atoms with van der Waals surface area (Å²) < 4.78 is 22.5. The second kappa shape index (κ2) is 13.7. The van der Waals surface area contributed by atoms with E-state index in [0.29, 0.717) is 12.4 Å². The van der Waals surface area contributed by atoms with E-state index in [9.17, 15) is 14.8 Å². The Kier molecular flexibility index (Phi) is 10.4. The fourth-order valence-corrected chi connectivity index (χ4v) is 3.57. The molecule has 0 aliphatic rings. The second-order valence-corrected chi connectivity index (χ2v) is 9.04. The van der Waals surface area contributed by atoms with Crippen LogP contribution in [0.15, 0.2) is 59.6 Å². The molecule has 2 aromatic heterocycles. The van der Waals surface area contributed by atoms with E-state index in [0.717, 1.165) is 21.4 Å². The van der Waals surface area contributed by atoms with Crippen molar-refractivity contribution in [3.63, 3.8) is 0 Å². The number of benzene rings is 1. The summed E-state index contributed by atoms with van der Waals surface area (Å²) >= 11 is 1.12. The lowest BCUT2D eigenvalue weighted by atomic mass is 10.2. The molecular formula is C25H29N5O7S. The van der Waals surface area contributed by atoms with Crippen molar-refractivity contribution in [1.82, 2.24) is 19.6 Å². The number of esters is 1. The van der Waals surface area contributed by atoms with Gasteiger partial charge in [0, 0.05) is 56.4 Å². The summed E-state index contributed by atoms with van der Waals surface area (Å²) in [6.07, 6.45) is 0.973. The molecule has 2 heterocycles. The van der Waals surface area contributed by atoms with Crippen LogP contribution in [-0.4, -0.2) is 77.7 Å². The summed E-state index contributed by atoms with van der Waals surface area (Å²) in [4.78, 5) is 33.9. The molecule has 0 saturated heterocycles. The molecule has 0 saturated carbocycles. The maximum atomic E-state index is 13.0. The standard InChI is InChI=1S/C25H29N5O7S/c1-16(15-34-4)36-22-12-18(24(31)27-21-11-6-17(14-26-21)25(32)35-5)13-23(28-22)37-19-7-9-20(10-8-19)38-30(33)29(2)3/h6-14,16,33H,15H2,1-5H3,(H,26,27,31)/t16-/m1/s1. The summed E-state index contributed by atoms with van der Waals surface area (Å²) in [6, 6.07) is 12.9. The molecule has 38 heavy (non-hydrogen) atoms. The average Bonchev–Trinajstić information content (AvgIpc) is 2.89. The molecule has 1 amide bonds. The number of ether oxygens (including phenoxy) is 4. The predicted molar refractivity (Wildman–Crippen MR) is 139 cm³/mol. The summed E-state index contributed by atoms with van der Waals surface area (Å²) in [6.45, 7) is 2.12. The highest BCUT2D eigenvalue weighted by atomic mass is 32.2. The Morgan fingerprint density at radius 3 is 2.37 bits per heavy atom. The van der Waals surface area contributed by atoms with Crippen molar-refractivity contribution < 1.29 is 33.7 Å². The van der Waals surface area contributed by atoms with E-state index in [1.165, 1.54) is 42.6 Å². The largest absolute Gasteiger partial charge is 0.472 e. The summed E-state index contributed by atoms with van der Waals surface area (Å²) in [5, 5.41) is 14.0. The van der Waals surface area contributed by atoms with Crippen molar-refractivity contribution in [2.45, 2.75) is 17.9 Å². The zero-order valence-corrected chi connectivity index (χ0v) is 22.4. The topological polar surface area (TPSA) is 136 Å². The quantitative estimate of drug-likeness (QED) is 0.195. The number of rotatable bonds is 12. The van der Waals surface area contributed by atoms with Crippen LogP contribution in [0.4, 0.5) is 5.82 Å². The summed E-state index contributed by atoms with van der Waals surface area (Å²) in [5.41, 5.74) is 0.466. The third-order valence-corrected chi connectivity index (χ3v) is 5.74. The van der Waals surface area contributed by atoms with Crippen LogP contribution >= 0.6 is 11.9 Å². The fourth-order valence-electron chi connectivity index (χ4n) is 2.96. The number of methoxy groups -OCH3 is 2. The molecule has 0 radical (unpaired) electrons. The molecule has 202 valence electrons. The number of nitrogens with zero attached hydrogens (tertiary/aromatic N) is 4. The van der Waals surface area contributed by atoms with Crippen LogP contribution < -0.4 is 14.8 Å². The van der Waals surface area contributed by atoms with Crippen LogP contribution in [0.3, 0.4) is 0 Å². The van der Waals surface area contributed by atoms with Crippen molar-refractivity contribution in [2.75, 3.05) is 40.2 Å². The van der Waals surface area contributed by atoms with Gasteiger partial charge in [-0.25, -0.2) is 14.8 Å². The van der Waals surface area contributed by atoms with Crippen molar-refractivity contribution in [1.29, 1.82) is 0 Å². The number of hydrazine groups is 1. The lowest BCUT2D eigenvalue weighted by molar-refractivity contribution is -0.129. The molecule has 0 unspecified atom stereocenters. The first kappa shape index (κ1) is 28.8. The summed E-state index contributed by atoms with van der Waals surface area (Å²) in [7, 11) is 6.25. The number of hydrogen-bond donors (Lipinski definition) is 2. The number of carbonyl (C=O) groups excluding carboxylic acids is 2. The van der Waals surface area contributed by atoms with E-state index in [2.05, 4.69) is 20.0 Å². The normalized spacial score (nSPS) is 11.8. The molecule has 0 spiro atoms. The Morgan fingerprint density at radius 2 is 1.76 bits per heavy atom. The van der Waals surface area contributed by atoms with Gasteiger partial charge < -0.3 is 24.3 Å². The van der Waals surface area contributed by atoms with E-state index in [1.807, 2.05) is 0 Å². The van der Waals surface area contributed by atoms with Gasteiger partial charge >= 0.3 is 5.97 Å². The molecule has 2 N–H and O–H groups in total. The number of amides is 1. The van der Waals surface area contributed by atoms with Crippen molar-refractivity contribution in [3.8, 4) is 17.5 Å². The number of aromatic nitrogens is 2. The molecule has 0 aliphatic heterocycles. The third kappa shape index (κ3) is 8.39. The van der Waals surface area contributed by atoms with Crippen LogP contribution in [0.25, 0.3) is 0 Å². The molecule has 0 bridgehead atoms. The van der Waals surface area contributed by atoms with Gasteiger partial charge in [0.15, 0.2) is 0 Å². The van der Waals surface area contributed by atoms with Crippen LogP contribution in [0.1, 0.15) is 27.6 Å². The smallest absolute Gasteiger partial charge is 0.339 e. The van der Waals surface area contributed by atoms with Crippen molar-refractivity contribution in [3.05, 3.63) is 65.9 Å². The van der Waals surface area contributed by atoms with Gasteiger partial charge in [-0.2, -0.15) is 4.98 Å². The van der Waals surface area contributed by atoms with Gasteiger partial charge in [0.1, 0.15) is 17.7 Å². The predicted octanol–water partition coefficient (Wildman–Crippen LogP) is 3.90. The number of hydrogen-bond acceptors (Lipinski definition) is 12. The van der Waals surface area contributed by atoms with Crippen LogP contribution in [0.2, 0.25) is 0 Å². The maximum absolute atomic E-state index is 13.0. The molecule has 1 atom stereocenters. The Bertz CT molecular complexity index is 1230. The van der Waals surface area contributed by atoms with E-state index in [4.69, 9.17) is 14.2 Å². The van der Waals surface area contributed by atoms with Gasteiger partial charge in [-0.3, -0.25) is 10.0 Å². The molecule has 3 aromatic rings. The lowest BCUT2D eigenvalue weighted by Gasteiger charge is -2.19.